The number of hydrogen-bond donors (Lipinski definition) is 4. The van der Waals surface area contributed by atoms with Crippen molar-refractivity contribution in [1.82, 2.24) is 10.2 Å². The van der Waals surface area contributed by atoms with E-state index in [9.17, 15) is 14.7 Å². The third-order valence-electron chi connectivity index (χ3n) is 5.04. The van der Waals surface area contributed by atoms with Crippen LogP contribution in [0.25, 0.3) is 0 Å². The van der Waals surface area contributed by atoms with Crippen LogP contribution in [0.3, 0.4) is 0 Å². The van der Waals surface area contributed by atoms with Crippen LogP contribution in [0, 0.1) is 11.8 Å². The number of rotatable bonds is 9. The molecule has 0 bridgehead atoms. The Morgan fingerprint density at radius 3 is 2.54 bits per heavy atom. The zero-order valence-electron chi connectivity index (χ0n) is 15.0. The summed E-state index contributed by atoms with van der Waals surface area (Å²) in [6.45, 7) is 0.595. The van der Waals surface area contributed by atoms with Gasteiger partial charge in [0.2, 0.25) is 5.91 Å². The van der Waals surface area contributed by atoms with Crippen molar-refractivity contribution in [3.63, 3.8) is 0 Å². The van der Waals surface area contributed by atoms with Crippen molar-refractivity contribution in [3.8, 4) is 0 Å². The summed E-state index contributed by atoms with van der Waals surface area (Å²) in [5.41, 5.74) is 1.04. The number of carbonyl (C=O) groups excluding carboxylic acids is 1. The maximum atomic E-state index is 12.9. The minimum Gasteiger partial charge on any atom is -0.481 e. The number of carboxylic acids is 1. The molecule has 1 unspecified atom stereocenters. The van der Waals surface area contributed by atoms with Gasteiger partial charge in [-0.25, -0.2) is 0 Å². The van der Waals surface area contributed by atoms with Crippen molar-refractivity contribution >= 4 is 19.0 Å². The molecule has 1 aliphatic rings. The number of carbonyl (C=O) groups is 2. The molecule has 0 aliphatic carbocycles. The molecule has 0 radical (unpaired) electrons. The standard InChI is InChI=1S/C18H27BN2O5/c1-20-16(10-13-6-3-2-4-7-13)17(22)21-11-14(8-5-9-19(25)26)15(12-21)18(23)24/h2-4,6-7,14-16,20,25-26H,5,8-12H2,1H3,(H,23,24)/t14-,15+,16?/m0/s1. The Hall–Kier alpha value is -1.90. The van der Waals surface area contributed by atoms with E-state index in [0.29, 0.717) is 25.8 Å². The molecule has 142 valence electrons. The summed E-state index contributed by atoms with van der Waals surface area (Å²) in [7, 11) is 0.355. The Morgan fingerprint density at radius 2 is 1.96 bits per heavy atom. The van der Waals surface area contributed by atoms with Gasteiger partial charge in [0.15, 0.2) is 0 Å². The Bertz CT molecular complexity index is 599. The lowest BCUT2D eigenvalue weighted by molar-refractivity contribution is -0.142. The number of likely N-dealkylation sites (tertiary alicyclic amines) is 1. The summed E-state index contributed by atoms with van der Waals surface area (Å²) in [5.74, 6) is -1.76. The SMILES string of the molecule is CNC(Cc1ccccc1)C(=O)N1C[C@H](CCCB(O)O)[C@H](C(=O)O)C1. The topological polar surface area (TPSA) is 110 Å². The van der Waals surface area contributed by atoms with E-state index in [1.54, 1.807) is 11.9 Å². The summed E-state index contributed by atoms with van der Waals surface area (Å²) in [6.07, 6.45) is 1.84. The number of nitrogens with one attached hydrogen (secondary N) is 1. The van der Waals surface area contributed by atoms with Gasteiger partial charge < -0.3 is 25.4 Å². The molecule has 2 rings (SSSR count). The molecule has 1 fully saturated rings. The highest BCUT2D eigenvalue weighted by atomic mass is 16.4. The number of carboxylic acid groups (broad SMARTS) is 1. The second-order valence-corrected chi connectivity index (χ2v) is 6.89. The Balaban J connectivity index is 1.99. The molecular weight excluding hydrogens is 335 g/mol. The van der Waals surface area contributed by atoms with Gasteiger partial charge in [-0.1, -0.05) is 36.8 Å². The molecule has 0 aromatic heterocycles. The Morgan fingerprint density at radius 1 is 1.27 bits per heavy atom. The number of hydrogen-bond acceptors (Lipinski definition) is 5. The van der Waals surface area contributed by atoms with Crippen LogP contribution >= 0.6 is 0 Å². The smallest absolute Gasteiger partial charge is 0.451 e. The van der Waals surface area contributed by atoms with Crippen LogP contribution in [0.4, 0.5) is 0 Å². The average molecular weight is 362 g/mol. The molecule has 3 atom stereocenters. The minimum absolute atomic E-state index is 0.0905. The molecule has 26 heavy (non-hydrogen) atoms. The molecule has 4 N–H and O–H groups in total. The quantitative estimate of drug-likeness (QED) is 0.468. The molecule has 8 heteroatoms. The van der Waals surface area contributed by atoms with Gasteiger partial charge in [-0.05, 0) is 37.7 Å². The number of aliphatic carboxylic acids is 1. The molecule has 7 nitrogen and oxygen atoms in total. The first-order valence-electron chi connectivity index (χ1n) is 9.01. The summed E-state index contributed by atoms with van der Waals surface area (Å²) in [6, 6.07) is 9.30. The molecule has 1 heterocycles. The van der Waals surface area contributed by atoms with Gasteiger partial charge in [0.1, 0.15) is 0 Å². The van der Waals surface area contributed by atoms with E-state index in [0.717, 1.165) is 5.56 Å². The van der Waals surface area contributed by atoms with Crippen LogP contribution in [0.1, 0.15) is 18.4 Å². The summed E-state index contributed by atoms with van der Waals surface area (Å²) in [5, 5.41) is 30.4. The van der Waals surface area contributed by atoms with Gasteiger partial charge in [-0.3, -0.25) is 9.59 Å². The first-order chi connectivity index (χ1) is 12.4. The maximum Gasteiger partial charge on any atom is 0.451 e. The molecule has 1 aromatic carbocycles. The molecule has 0 saturated carbocycles. The zero-order valence-corrected chi connectivity index (χ0v) is 15.0. The fraction of sp³-hybridized carbons (Fsp3) is 0.556. The van der Waals surface area contributed by atoms with Crippen LogP contribution < -0.4 is 5.32 Å². The van der Waals surface area contributed by atoms with Crippen LogP contribution in [-0.2, 0) is 16.0 Å². The summed E-state index contributed by atoms with van der Waals surface area (Å²) >= 11 is 0. The Kier molecular flexibility index (Phi) is 7.62. The number of likely N-dealkylation sites (N-methyl/N-ethyl adjacent to an activating group) is 1. The van der Waals surface area contributed by atoms with Gasteiger partial charge in [-0.15, -0.1) is 0 Å². The van der Waals surface area contributed by atoms with E-state index in [4.69, 9.17) is 10.0 Å². The summed E-state index contributed by atoms with van der Waals surface area (Å²) in [4.78, 5) is 26.1. The van der Waals surface area contributed by atoms with Crippen LogP contribution in [0.2, 0.25) is 6.32 Å². The van der Waals surface area contributed by atoms with Crippen LogP contribution in [0.15, 0.2) is 30.3 Å². The fourth-order valence-corrected chi connectivity index (χ4v) is 3.57. The van der Waals surface area contributed by atoms with E-state index < -0.39 is 25.0 Å². The highest BCUT2D eigenvalue weighted by Gasteiger charge is 2.40. The van der Waals surface area contributed by atoms with Crippen molar-refractivity contribution in [2.24, 2.45) is 11.8 Å². The fourth-order valence-electron chi connectivity index (χ4n) is 3.57. The predicted molar refractivity (Wildman–Crippen MR) is 98.4 cm³/mol. The highest BCUT2D eigenvalue weighted by Crippen LogP contribution is 2.29. The van der Waals surface area contributed by atoms with Crippen LogP contribution in [0.5, 0.6) is 0 Å². The highest BCUT2D eigenvalue weighted by molar-refractivity contribution is 6.40. The van der Waals surface area contributed by atoms with Gasteiger partial charge in [0, 0.05) is 13.1 Å². The molecule has 1 saturated heterocycles. The van der Waals surface area contributed by atoms with Crippen molar-refractivity contribution in [1.29, 1.82) is 0 Å². The number of amides is 1. The summed E-state index contributed by atoms with van der Waals surface area (Å²) < 4.78 is 0. The second-order valence-electron chi connectivity index (χ2n) is 6.89. The number of benzene rings is 1. The zero-order chi connectivity index (χ0) is 19.1. The van der Waals surface area contributed by atoms with Gasteiger partial charge in [0.25, 0.3) is 0 Å². The van der Waals surface area contributed by atoms with E-state index in [1.165, 1.54) is 0 Å². The number of nitrogens with zero attached hydrogens (tertiary/aromatic N) is 1. The minimum atomic E-state index is -1.38. The van der Waals surface area contributed by atoms with E-state index in [2.05, 4.69) is 5.32 Å². The predicted octanol–water partition coefficient (Wildman–Crippen LogP) is 0.229. The molecule has 1 aromatic rings. The van der Waals surface area contributed by atoms with Crippen molar-refractivity contribution in [2.75, 3.05) is 20.1 Å². The lowest BCUT2D eigenvalue weighted by Crippen LogP contribution is -2.46. The van der Waals surface area contributed by atoms with Crippen molar-refractivity contribution in [3.05, 3.63) is 35.9 Å². The maximum absolute atomic E-state index is 12.9. The van der Waals surface area contributed by atoms with Crippen LogP contribution in [-0.4, -0.2) is 65.2 Å². The molecule has 1 amide bonds. The second kappa shape index (κ2) is 9.71. The van der Waals surface area contributed by atoms with E-state index in [1.807, 2.05) is 30.3 Å². The normalized spacial score (nSPS) is 20.8. The largest absolute Gasteiger partial charge is 0.481 e. The molecule has 1 aliphatic heterocycles. The van der Waals surface area contributed by atoms with E-state index in [-0.39, 0.29) is 24.7 Å². The van der Waals surface area contributed by atoms with Gasteiger partial charge in [-0.2, -0.15) is 0 Å². The van der Waals surface area contributed by atoms with E-state index >= 15 is 0 Å². The third-order valence-corrected chi connectivity index (χ3v) is 5.04. The first-order valence-corrected chi connectivity index (χ1v) is 9.01. The monoisotopic (exact) mass is 362 g/mol. The Labute approximate surface area is 154 Å². The first kappa shape index (κ1) is 20.4. The third kappa shape index (κ3) is 5.55. The van der Waals surface area contributed by atoms with Crippen molar-refractivity contribution in [2.45, 2.75) is 31.6 Å². The van der Waals surface area contributed by atoms with Gasteiger partial charge in [0.05, 0.1) is 12.0 Å². The van der Waals surface area contributed by atoms with Crippen molar-refractivity contribution < 1.29 is 24.7 Å². The molecule has 0 spiro atoms. The average Bonchev–Trinajstić information content (AvgIpc) is 3.04. The molecular formula is C18H27BN2O5. The van der Waals surface area contributed by atoms with Gasteiger partial charge >= 0.3 is 13.1 Å². The lowest BCUT2D eigenvalue weighted by atomic mass is 9.80. The lowest BCUT2D eigenvalue weighted by Gasteiger charge is -2.23.